The normalized spacial score (nSPS) is 14.4. The lowest BCUT2D eigenvalue weighted by molar-refractivity contribution is -0.122. The van der Waals surface area contributed by atoms with Crippen molar-refractivity contribution in [1.82, 2.24) is 14.8 Å². The number of hydrogen-bond donors (Lipinski definition) is 3. The maximum absolute atomic E-state index is 11.1. The van der Waals surface area contributed by atoms with Gasteiger partial charge in [-0.15, -0.1) is 5.10 Å². The van der Waals surface area contributed by atoms with Gasteiger partial charge in [-0.05, 0) is 19.8 Å². The number of aromatic amines is 1. The van der Waals surface area contributed by atoms with Gasteiger partial charge in [-0.2, -0.15) is 0 Å². The van der Waals surface area contributed by atoms with E-state index in [1.54, 1.807) is 14.0 Å². The molecule has 0 radical (unpaired) electrons. The third-order valence-electron chi connectivity index (χ3n) is 2.72. The summed E-state index contributed by atoms with van der Waals surface area (Å²) in [5.74, 6) is 0.331. The SMILES string of the molecule is Cn1c(SCCCCC(C)(N)C(N)=O)n[nH]c1=O. The van der Waals surface area contributed by atoms with Crippen molar-refractivity contribution >= 4 is 17.7 Å². The van der Waals surface area contributed by atoms with Gasteiger partial charge in [0.1, 0.15) is 0 Å². The van der Waals surface area contributed by atoms with E-state index in [4.69, 9.17) is 11.5 Å². The van der Waals surface area contributed by atoms with Gasteiger partial charge < -0.3 is 11.5 Å². The number of carbonyl (C=O) groups is 1. The smallest absolute Gasteiger partial charge is 0.343 e. The number of H-pyrrole nitrogens is 1. The van der Waals surface area contributed by atoms with Crippen LogP contribution in [0.1, 0.15) is 26.2 Å². The standard InChI is InChI=1S/C10H19N5O2S/c1-10(12,7(11)16)5-3-4-6-18-9-14-13-8(17)15(9)2/h3-6,12H2,1-2H3,(H2,11,16)(H,13,17). The van der Waals surface area contributed by atoms with E-state index in [-0.39, 0.29) is 5.69 Å². The average Bonchev–Trinajstić information content (AvgIpc) is 2.60. The zero-order valence-electron chi connectivity index (χ0n) is 10.6. The van der Waals surface area contributed by atoms with Crippen LogP contribution in [0.4, 0.5) is 0 Å². The molecule has 0 aromatic carbocycles. The number of primary amides is 1. The van der Waals surface area contributed by atoms with E-state index < -0.39 is 11.4 Å². The van der Waals surface area contributed by atoms with Gasteiger partial charge in [-0.25, -0.2) is 9.89 Å². The molecular weight excluding hydrogens is 254 g/mol. The summed E-state index contributed by atoms with van der Waals surface area (Å²) in [4.78, 5) is 22.1. The number of unbranched alkanes of at least 4 members (excludes halogenated alkanes) is 1. The number of nitrogens with one attached hydrogen (secondary N) is 1. The highest BCUT2D eigenvalue weighted by Crippen LogP contribution is 2.16. The van der Waals surface area contributed by atoms with E-state index in [1.807, 2.05) is 0 Å². The highest BCUT2D eigenvalue weighted by Gasteiger charge is 2.24. The van der Waals surface area contributed by atoms with E-state index in [2.05, 4.69) is 10.2 Å². The molecule has 1 rings (SSSR count). The molecule has 7 nitrogen and oxygen atoms in total. The highest BCUT2D eigenvalue weighted by molar-refractivity contribution is 7.99. The van der Waals surface area contributed by atoms with Crippen molar-refractivity contribution in [2.45, 2.75) is 36.9 Å². The zero-order valence-corrected chi connectivity index (χ0v) is 11.4. The van der Waals surface area contributed by atoms with Crippen LogP contribution in [0.3, 0.4) is 0 Å². The minimum atomic E-state index is -0.941. The summed E-state index contributed by atoms with van der Waals surface area (Å²) in [6.45, 7) is 1.64. The Bertz CT molecular complexity index is 465. The Labute approximate surface area is 109 Å². The second-order valence-electron chi connectivity index (χ2n) is 4.46. The quantitative estimate of drug-likeness (QED) is 0.460. The molecule has 8 heteroatoms. The molecular formula is C10H19N5O2S. The molecule has 0 aliphatic rings. The van der Waals surface area contributed by atoms with Gasteiger partial charge in [0.15, 0.2) is 5.16 Å². The monoisotopic (exact) mass is 273 g/mol. The van der Waals surface area contributed by atoms with Gasteiger partial charge >= 0.3 is 5.69 Å². The molecule has 1 atom stereocenters. The Morgan fingerprint density at radius 2 is 2.22 bits per heavy atom. The van der Waals surface area contributed by atoms with Crippen LogP contribution in [0.25, 0.3) is 0 Å². The van der Waals surface area contributed by atoms with E-state index in [1.165, 1.54) is 16.3 Å². The van der Waals surface area contributed by atoms with Crippen LogP contribution >= 0.6 is 11.8 Å². The Balaban J connectivity index is 2.26. The summed E-state index contributed by atoms with van der Waals surface area (Å²) in [6.07, 6.45) is 2.25. The van der Waals surface area contributed by atoms with Crippen LogP contribution in [0, 0.1) is 0 Å². The molecule has 0 spiro atoms. The molecule has 102 valence electrons. The topological polar surface area (TPSA) is 120 Å². The molecule has 0 aliphatic carbocycles. The number of nitrogens with zero attached hydrogens (tertiary/aromatic N) is 2. The lowest BCUT2D eigenvalue weighted by atomic mass is 9.96. The molecule has 1 aromatic heterocycles. The molecule has 1 unspecified atom stereocenters. The molecule has 1 amide bonds. The lowest BCUT2D eigenvalue weighted by Crippen LogP contribution is -2.49. The number of carbonyl (C=O) groups excluding carboxylic acids is 1. The molecule has 18 heavy (non-hydrogen) atoms. The fraction of sp³-hybridized carbons (Fsp3) is 0.700. The Hall–Kier alpha value is -1.28. The third kappa shape index (κ3) is 3.88. The number of thioether (sulfide) groups is 1. The third-order valence-corrected chi connectivity index (χ3v) is 3.84. The maximum atomic E-state index is 11.1. The van der Waals surface area contributed by atoms with E-state index in [0.29, 0.717) is 11.6 Å². The van der Waals surface area contributed by atoms with Gasteiger partial charge in [0.05, 0.1) is 5.54 Å². The summed E-state index contributed by atoms with van der Waals surface area (Å²) in [5, 5.41) is 6.91. The fourth-order valence-corrected chi connectivity index (χ4v) is 2.26. The Kier molecular flexibility index (Phi) is 4.97. The van der Waals surface area contributed by atoms with Gasteiger partial charge in [0.25, 0.3) is 0 Å². The first-order chi connectivity index (χ1) is 8.34. The number of nitrogens with two attached hydrogens (primary N) is 2. The van der Waals surface area contributed by atoms with Gasteiger partial charge in [0.2, 0.25) is 5.91 Å². The van der Waals surface area contributed by atoms with Crippen LogP contribution in [-0.2, 0) is 11.8 Å². The summed E-state index contributed by atoms with van der Waals surface area (Å²) in [5.41, 5.74) is 9.75. The molecule has 0 aliphatic heterocycles. The summed E-state index contributed by atoms with van der Waals surface area (Å²) in [7, 11) is 1.66. The zero-order chi connectivity index (χ0) is 13.8. The van der Waals surface area contributed by atoms with Gasteiger partial charge in [0, 0.05) is 12.8 Å². The number of aromatic nitrogens is 3. The second kappa shape index (κ2) is 6.05. The molecule has 1 aromatic rings. The van der Waals surface area contributed by atoms with E-state index in [9.17, 15) is 9.59 Å². The van der Waals surface area contributed by atoms with E-state index in [0.717, 1.165) is 18.6 Å². The van der Waals surface area contributed by atoms with Crippen molar-refractivity contribution in [3.63, 3.8) is 0 Å². The lowest BCUT2D eigenvalue weighted by Gasteiger charge is -2.19. The first kappa shape index (κ1) is 14.8. The van der Waals surface area contributed by atoms with Crippen molar-refractivity contribution in [3.05, 3.63) is 10.5 Å². The molecule has 0 saturated carbocycles. The number of hydrogen-bond acceptors (Lipinski definition) is 5. The molecule has 0 fully saturated rings. The molecule has 1 heterocycles. The van der Waals surface area contributed by atoms with Gasteiger partial charge in [-0.1, -0.05) is 18.2 Å². The predicted octanol–water partition coefficient (Wildman–Crippen LogP) is -0.426. The van der Waals surface area contributed by atoms with Crippen molar-refractivity contribution in [2.24, 2.45) is 18.5 Å². The van der Waals surface area contributed by atoms with Crippen LogP contribution in [0.15, 0.2) is 9.95 Å². The molecule has 0 saturated heterocycles. The van der Waals surface area contributed by atoms with E-state index >= 15 is 0 Å². The van der Waals surface area contributed by atoms with Crippen molar-refractivity contribution in [1.29, 1.82) is 0 Å². The molecule has 0 bridgehead atoms. The summed E-state index contributed by atoms with van der Waals surface area (Å²) < 4.78 is 1.46. The highest BCUT2D eigenvalue weighted by atomic mass is 32.2. The van der Waals surface area contributed by atoms with Crippen molar-refractivity contribution in [2.75, 3.05) is 5.75 Å². The first-order valence-corrected chi connectivity index (χ1v) is 6.66. The van der Waals surface area contributed by atoms with Crippen LogP contribution < -0.4 is 17.2 Å². The summed E-state index contributed by atoms with van der Waals surface area (Å²) in [6, 6.07) is 0. The van der Waals surface area contributed by atoms with Crippen LogP contribution in [0.5, 0.6) is 0 Å². The van der Waals surface area contributed by atoms with Crippen LogP contribution in [-0.4, -0.2) is 32.0 Å². The van der Waals surface area contributed by atoms with Crippen LogP contribution in [0.2, 0.25) is 0 Å². The number of amides is 1. The number of rotatable bonds is 7. The largest absolute Gasteiger partial charge is 0.368 e. The fourth-order valence-electron chi connectivity index (χ4n) is 1.34. The average molecular weight is 273 g/mol. The van der Waals surface area contributed by atoms with Gasteiger partial charge in [-0.3, -0.25) is 9.36 Å². The van der Waals surface area contributed by atoms with Crippen molar-refractivity contribution < 1.29 is 4.79 Å². The minimum Gasteiger partial charge on any atom is -0.368 e. The second-order valence-corrected chi connectivity index (χ2v) is 5.52. The first-order valence-electron chi connectivity index (χ1n) is 5.67. The summed E-state index contributed by atoms with van der Waals surface area (Å²) >= 11 is 1.49. The Morgan fingerprint density at radius 3 is 2.72 bits per heavy atom. The molecule has 5 N–H and O–H groups in total. The maximum Gasteiger partial charge on any atom is 0.343 e. The van der Waals surface area contributed by atoms with Crippen molar-refractivity contribution in [3.8, 4) is 0 Å². The predicted molar refractivity (Wildman–Crippen MR) is 70.2 cm³/mol. The Morgan fingerprint density at radius 1 is 1.56 bits per heavy atom. The minimum absolute atomic E-state index is 0.222.